The van der Waals surface area contributed by atoms with E-state index in [9.17, 15) is 0 Å². The van der Waals surface area contributed by atoms with Crippen molar-refractivity contribution < 1.29 is 17.3 Å². The van der Waals surface area contributed by atoms with Gasteiger partial charge in [0.05, 0.1) is 20.6 Å². The van der Waals surface area contributed by atoms with Gasteiger partial charge in [0.25, 0.3) is 0 Å². The number of benzene rings is 1. The van der Waals surface area contributed by atoms with E-state index in [-0.39, 0.29) is 12.4 Å². The van der Waals surface area contributed by atoms with Crippen LogP contribution in [0.2, 0.25) is 0 Å². The molecule has 1 rings (SSSR count). The van der Waals surface area contributed by atoms with Crippen LogP contribution in [-0.4, -0.2) is 20.6 Å². The molecule has 0 radical (unpaired) electrons. The molecule has 0 saturated carbocycles. The molecule has 0 spiro atoms. The molecule has 0 aliphatic carbocycles. The molecule has 168 valence electrons. The number of rotatable bonds is 19. The summed E-state index contributed by atoms with van der Waals surface area (Å²) in [6.45, 7) is 5.15. The highest BCUT2D eigenvalue weighted by Crippen LogP contribution is 2.14. The second-order valence-corrected chi connectivity index (χ2v) is 8.96. The van der Waals surface area contributed by atoms with Gasteiger partial charge in [-0.05, 0) is 36.8 Å². The van der Waals surface area contributed by atoms with Crippen LogP contribution in [0.15, 0.2) is 30.8 Å². The van der Waals surface area contributed by atoms with Crippen LogP contribution in [0.3, 0.4) is 0 Å². The third-order valence-corrected chi connectivity index (χ3v) is 5.86. The molecule has 29 heavy (non-hydrogen) atoms. The molecule has 0 amide bonds. The minimum Gasteiger partial charge on any atom is -1.00 e. The van der Waals surface area contributed by atoms with Gasteiger partial charge in [0.15, 0.2) is 0 Å². The van der Waals surface area contributed by atoms with Crippen molar-refractivity contribution in [2.24, 2.45) is 0 Å². The van der Waals surface area contributed by atoms with E-state index in [2.05, 4.69) is 44.9 Å². The normalized spacial score (nSPS) is 10.9. The maximum Gasteiger partial charge on any atom is 0.0766 e. The third-order valence-electron chi connectivity index (χ3n) is 5.86. The molecule has 1 aromatic rings. The zero-order chi connectivity index (χ0) is 20.3. The fourth-order valence-corrected chi connectivity index (χ4v) is 3.93. The fourth-order valence-electron chi connectivity index (χ4n) is 3.93. The summed E-state index contributed by atoms with van der Waals surface area (Å²) in [7, 11) is 4.51. The summed E-state index contributed by atoms with van der Waals surface area (Å²) < 4.78 is 0. The predicted octanol–water partition coefficient (Wildman–Crippen LogP) is 3.87. The fraction of sp³-hybridized carbons (Fsp3) is 0.704. The van der Waals surface area contributed by atoms with Crippen LogP contribution >= 0.6 is 0 Å². The van der Waals surface area contributed by atoms with Gasteiger partial charge in [0.1, 0.15) is 0 Å². The lowest BCUT2D eigenvalue weighted by molar-refractivity contribution is -0.858. The maximum absolute atomic E-state index is 3.81. The molecule has 0 heterocycles. The number of nitrogens with one attached hydrogen (secondary N) is 1. The molecule has 0 saturated heterocycles. The molecule has 0 fully saturated rings. The van der Waals surface area contributed by atoms with Crippen LogP contribution in [-0.2, 0) is 6.42 Å². The largest absolute Gasteiger partial charge is 1.00 e. The Morgan fingerprint density at radius 2 is 1.00 bits per heavy atom. The SMILES string of the molecule is C=Cc1ccc(CCCCCCCCCCCCCCCCC[NH+](C)C)cc1.[Cl-]. The Kier molecular flexibility index (Phi) is 19.9. The molecular weight excluding hydrogens is 374 g/mol. The van der Waals surface area contributed by atoms with Crippen LogP contribution in [0.5, 0.6) is 0 Å². The van der Waals surface area contributed by atoms with E-state index in [1.165, 1.54) is 120 Å². The van der Waals surface area contributed by atoms with Crippen molar-refractivity contribution in [2.75, 3.05) is 20.6 Å². The first kappa shape index (κ1) is 28.2. The number of hydrogen-bond acceptors (Lipinski definition) is 0. The van der Waals surface area contributed by atoms with Gasteiger partial charge < -0.3 is 17.3 Å². The number of halogens is 1. The summed E-state index contributed by atoms with van der Waals surface area (Å²) >= 11 is 0. The van der Waals surface area contributed by atoms with E-state index < -0.39 is 0 Å². The number of unbranched alkanes of at least 4 members (excludes halogenated alkanes) is 14. The molecule has 1 aromatic carbocycles. The lowest BCUT2D eigenvalue weighted by atomic mass is 10.0. The summed E-state index contributed by atoms with van der Waals surface area (Å²) in [6, 6.07) is 8.86. The van der Waals surface area contributed by atoms with E-state index in [0.29, 0.717) is 0 Å². The van der Waals surface area contributed by atoms with Gasteiger partial charge >= 0.3 is 0 Å². The van der Waals surface area contributed by atoms with Crippen molar-refractivity contribution in [1.82, 2.24) is 0 Å². The minimum absolute atomic E-state index is 0. The van der Waals surface area contributed by atoms with E-state index in [4.69, 9.17) is 0 Å². The van der Waals surface area contributed by atoms with Gasteiger partial charge in [-0.3, -0.25) is 0 Å². The summed E-state index contributed by atoms with van der Waals surface area (Å²) in [5, 5.41) is 0. The Morgan fingerprint density at radius 1 is 0.621 bits per heavy atom. The predicted molar refractivity (Wildman–Crippen MR) is 127 cm³/mol. The Morgan fingerprint density at radius 3 is 1.38 bits per heavy atom. The smallest absolute Gasteiger partial charge is 0.0766 e. The van der Waals surface area contributed by atoms with E-state index in [1.54, 1.807) is 4.90 Å². The van der Waals surface area contributed by atoms with Crippen LogP contribution in [0.4, 0.5) is 0 Å². The average Bonchev–Trinajstić information content (AvgIpc) is 2.70. The second kappa shape index (κ2) is 20.5. The van der Waals surface area contributed by atoms with Crippen molar-refractivity contribution in [3.8, 4) is 0 Å². The molecule has 2 heteroatoms. The topological polar surface area (TPSA) is 4.44 Å². The summed E-state index contributed by atoms with van der Waals surface area (Å²) in [6.07, 6.45) is 24.7. The van der Waals surface area contributed by atoms with Gasteiger partial charge in [-0.15, -0.1) is 0 Å². The molecule has 0 bridgehead atoms. The molecule has 0 atom stereocenters. The molecule has 0 aromatic heterocycles. The highest BCUT2D eigenvalue weighted by molar-refractivity contribution is 5.47. The standard InChI is InChI=1S/C27H47N.ClH/c1-4-26-21-23-27(24-22-26)20-18-16-14-12-10-8-6-5-7-9-11-13-15-17-19-25-28(2)3;/h4,21-24H,1,5-20,25H2,2-3H3;1H. The Bertz CT molecular complexity index is 466. The van der Waals surface area contributed by atoms with Crippen LogP contribution in [0.25, 0.3) is 6.08 Å². The number of quaternary nitrogens is 1. The number of hydrogen-bond donors (Lipinski definition) is 1. The van der Waals surface area contributed by atoms with Gasteiger partial charge in [-0.25, -0.2) is 0 Å². The second-order valence-electron chi connectivity index (χ2n) is 8.96. The Balaban J connectivity index is 0.00000784. The maximum atomic E-state index is 3.81. The molecule has 1 nitrogen and oxygen atoms in total. The molecule has 1 N–H and O–H groups in total. The average molecular weight is 422 g/mol. The lowest BCUT2D eigenvalue weighted by Crippen LogP contribution is -3.05. The van der Waals surface area contributed by atoms with E-state index in [0.717, 1.165) is 0 Å². The van der Waals surface area contributed by atoms with E-state index in [1.807, 2.05) is 6.08 Å². The lowest BCUT2D eigenvalue weighted by Gasteiger charge is -2.06. The van der Waals surface area contributed by atoms with Crippen molar-refractivity contribution in [2.45, 2.75) is 103 Å². The van der Waals surface area contributed by atoms with Crippen LogP contribution < -0.4 is 17.3 Å². The summed E-state index contributed by atoms with van der Waals surface area (Å²) in [4.78, 5) is 1.59. The quantitative estimate of drug-likeness (QED) is 0.323. The minimum atomic E-state index is 0. The van der Waals surface area contributed by atoms with Gasteiger partial charge in [0.2, 0.25) is 0 Å². The Labute approximate surface area is 188 Å². The first-order valence-corrected chi connectivity index (χ1v) is 12.2. The zero-order valence-corrected chi connectivity index (χ0v) is 20.2. The van der Waals surface area contributed by atoms with Crippen LogP contribution in [0.1, 0.15) is 107 Å². The van der Waals surface area contributed by atoms with Crippen molar-refractivity contribution in [1.29, 1.82) is 0 Å². The highest BCUT2D eigenvalue weighted by atomic mass is 35.5. The summed E-state index contributed by atoms with van der Waals surface area (Å²) in [5.41, 5.74) is 2.69. The summed E-state index contributed by atoms with van der Waals surface area (Å²) in [5.74, 6) is 0. The van der Waals surface area contributed by atoms with Crippen LogP contribution in [0, 0.1) is 0 Å². The zero-order valence-electron chi connectivity index (χ0n) is 19.5. The molecular formula is C27H48ClN. The first-order valence-electron chi connectivity index (χ1n) is 12.2. The molecule has 0 aliphatic rings. The van der Waals surface area contributed by atoms with Gasteiger partial charge in [-0.1, -0.05) is 114 Å². The van der Waals surface area contributed by atoms with Crippen molar-refractivity contribution in [3.63, 3.8) is 0 Å². The van der Waals surface area contributed by atoms with Crippen molar-refractivity contribution in [3.05, 3.63) is 42.0 Å². The van der Waals surface area contributed by atoms with Gasteiger partial charge in [-0.2, -0.15) is 0 Å². The first-order chi connectivity index (χ1) is 13.7. The monoisotopic (exact) mass is 421 g/mol. The molecule has 0 unspecified atom stereocenters. The van der Waals surface area contributed by atoms with Gasteiger partial charge in [0, 0.05) is 0 Å². The van der Waals surface area contributed by atoms with Crippen molar-refractivity contribution >= 4 is 6.08 Å². The van der Waals surface area contributed by atoms with E-state index >= 15 is 0 Å². The highest BCUT2D eigenvalue weighted by Gasteiger charge is 1.97. The Hall–Kier alpha value is -0.790. The third kappa shape index (κ3) is 17.8. The number of aryl methyl sites for hydroxylation is 1. The molecule has 0 aliphatic heterocycles.